The Balaban J connectivity index is 3.30. The molecule has 0 heterocycles. The molecule has 0 aromatic heterocycles. The third-order valence-corrected chi connectivity index (χ3v) is 3.26. The topological polar surface area (TPSA) is 26.0 Å². The number of aryl methyl sites for hydroxylation is 1. The van der Waals surface area contributed by atoms with Gasteiger partial charge in [-0.05, 0) is 36.5 Å². The first-order valence-electron chi connectivity index (χ1n) is 5.39. The third-order valence-electron chi connectivity index (χ3n) is 3.26. The maximum absolute atomic E-state index is 14.7. The van der Waals surface area contributed by atoms with E-state index in [1.807, 2.05) is 45.9 Å². The van der Waals surface area contributed by atoms with E-state index in [0.29, 0.717) is 0 Å². The van der Waals surface area contributed by atoms with Gasteiger partial charge in [0.15, 0.2) is 5.67 Å². The van der Waals surface area contributed by atoms with Crippen molar-refractivity contribution >= 4 is 0 Å². The summed E-state index contributed by atoms with van der Waals surface area (Å²) in [7, 11) is 0. The standard InChI is InChI=1S/C13H20FN/c1-9(2)13(14,8-15)12-7-5-6-10(3)11(12)4/h5-7,9H,8,15H2,1-4H3. The van der Waals surface area contributed by atoms with Crippen molar-refractivity contribution < 1.29 is 4.39 Å². The summed E-state index contributed by atoms with van der Waals surface area (Å²) in [5.74, 6) is -0.108. The van der Waals surface area contributed by atoms with Crippen molar-refractivity contribution in [3.8, 4) is 0 Å². The van der Waals surface area contributed by atoms with Gasteiger partial charge in [0.1, 0.15) is 0 Å². The summed E-state index contributed by atoms with van der Waals surface area (Å²) >= 11 is 0. The molecule has 2 N–H and O–H groups in total. The Bertz CT molecular complexity index is 346. The highest BCUT2D eigenvalue weighted by Gasteiger charge is 2.35. The van der Waals surface area contributed by atoms with Crippen LogP contribution in [0.25, 0.3) is 0 Å². The molecule has 1 rings (SSSR count). The summed E-state index contributed by atoms with van der Waals surface area (Å²) in [5.41, 5.74) is 7.04. The van der Waals surface area contributed by atoms with Gasteiger partial charge in [-0.2, -0.15) is 0 Å². The average Bonchev–Trinajstić information content (AvgIpc) is 2.20. The number of halogens is 1. The predicted octanol–water partition coefficient (Wildman–Crippen LogP) is 3.08. The van der Waals surface area contributed by atoms with Gasteiger partial charge < -0.3 is 5.73 Å². The van der Waals surface area contributed by atoms with E-state index in [0.717, 1.165) is 16.7 Å². The van der Waals surface area contributed by atoms with Gasteiger partial charge in [-0.15, -0.1) is 0 Å². The lowest BCUT2D eigenvalue weighted by Gasteiger charge is -2.30. The molecule has 1 aromatic carbocycles. The molecule has 1 unspecified atom stereocenters. The molecular formula is C13H20FN. The quantitative estimate of drug-likeness (QED) is 0.813. The summed E-state index contributed by atoms with van der Waals surface area (Å²) < 4.78 is 14.7. The lowest BCUT2D eigenvalue weighted by atomic mass is 9.82. The van der Waals surface area contributed by atoms with Crippen molar-refractivity contribution in [1.82, 2.24) is 0 Å². The molecule has 1 nitrogen and oxygen atoms in total. The Kier molecular flexibility index (Phi) is 3.50. The van der Waals surface area contributed by atoms with Crippen LogP contribution < -0.4 is 5.73 Å². The molecular weight excluding hydrogens is 189 g/mol. The molecule has 2 heteroatoms. The van der Waals surface area contributed by atoms with Crippen LogP contribution in [0.2, 0.25) is 0 Å². The average molecular weight is 209 g/mol. The molecule has 0 aliphatic heterocycles. The van der Waals surface area contributed by atoms with Crippen LogP contribution in [-0.4, -0.2) is 6.54 Å². The van der Waals surface area contributed by atoms with Crippen LogP contribution >= 0.6 is 0 Å². The SMILES string of the molecule is Cc1cccc(C(F)(CN)C(C)C)c1C. The summed E-state index contributed by atoms with van der Waals surface area (Å²) in [6.45, 7) is 7.73. The minimum absolute atomic E-state index is 0.0367. The summed E-state index contributed by atoms with van der Waals surface area (Å²) in [4.78, 5) is 0. The number of hydrogen-bond donors (Lipinski definition) is 1. The molecule has 0 aliphatic carbocycles. The molecule has 0 saturated heterocycles. The van der Waals surface area contributed by atoms with Crippen LogP contribution in [0, 0.1) is 19.8 Å². The minimum atomic E-state index is -1.41. The van der Waals surface area contributed by atoms with E-state index < -0.39 is 5.67 Å². The Morgan fingerprint density at radius 2 is 1.93 bits per heavy atom. The van der Waals surface area contributed by atoms with Crippen molar-refractivity contribution in [3.05, 3.63) is 34.9 Å². The molecule has 0 aliphatic rings. The van der Waals surface area contributed by atoms with Gasteiger partial charge in [0.2, 0.25) is 0 Å². The molecule has 1 aromatic rings. The van der Waals surface area contributed by atoms with Crippen molar-refractivity contribution in [3.63, 3.8) is 0 Å². The first-order valence-corrected chi connectivity index (χ1v) is 5.39. The highest BCUT2D eigenvalue weighted by molar-refractivity contribution is 5.37. The van der Waals surface area contributed by atoms with Crippen LogP contribution in [0.5, 0.6) is 0 Å². The fraction of sp³-hybridized carbons (Fsp3) is 0.538. The van der Waals surface area contributed by atoms with E-state index in [9.17, 15) is 4.39 Å². The van der Waals surface area contributed by atoms with E-state index in [-0.39, 0.29) is 12.5 Å². The van der Waals surface area contributed by atoms with Crippen LogP contribution in [0.3, 0.4) is 0 Å². The van der Waals surface area contributed by atoms with E-state index in [4.69, 9.17) is 5.73 Å². The van der Waals surface area contributed by atoms with Crippen molar-refractivity contribution in [1.29, 1.82) is 0 Å². The van der Waals surface area contributed by atoms with E-state index in [1.165, 1.54) is 0 Å². The number of benzene rings is 1. The highest BCUT2D eigenvalue weighted by Crippen LogP contribution is 2.35. The second kappa shape index (κ2) is 4.31. The number of nitrogens with two attached hydrogens (primary N) is 1. The van der Waals surface area contributed by atoms with Crippen LogP contribution in [0.1, 0.15) is 30.5 Å². The van der Waals surface area contributed by atoms with Crippen LogP contribution in [-0.2, 0) is 5.67 Å². The van der Waals surface area contributed by atoms with Crippen molar-refractivity contribution in [2.45, 2.75) is 33.4 Å². The number of hydrogen-bond acceptors (Lipinski definition) is 1. The monoisotopic (exact) mass is 209 g/mol. The number of rotatable bonds is 3. The van der Waals surface area contributed by atoms with Gasteiger partial charge in [0.25, 0.3) is 0 Å². The molecule has 0 saturated carbocycles. The fourth-order valence-corrected chi connectivity index (χ4v) is 1.86. The Morgan fingerprint density at radius 3 is 2.40 bits per heavy atom. The van der Waals surface area contributed by atoms with Crippen molar-refractivity contribution in [2.75, 3.05) is 6.54 Å². The molecule has 0 fully saturated rings. The van der Waals surface area contributed by atoms with Gasteiger partial charge in [0, 0.05) is 6.54 Å². The highest BCUT2D eigenvalue weighted by atomic mass is 19.1. The first kappa shape index (κ1) is 12.2. The second-order valence-corrected chi connectivity index (χ2v) is 4.47. The largest absolute Gasteiger partial charge is 0.327 e. The molecule has 84 valence electrons. The normalized spacial score (nSPS) is 15.4. The molecule has 0 radical (unpaired) electrons. The number of alkyl halides is 1. The zero-order valence-corrected chi connectivity index (χ0v) is 9.97. The Hall–Kier alpha value is -0.890. The maximum atomic E-state index is 14.7. The zero-order valence-electron chi connectivity index (χ0n) is 9.97. The molecule has 15 heavy (non-hydrogen) atoms. The van der Waals surface area contributed by atoms with Crippen LogP contribution in [0.15, 0.2) is 18.2 Å². The van der Waals surface area contributed by atoms with Gasteiger partial charge in [0.05, 0.1) is 0 Å². The predicted molar refractivity (Wildman–Crippen MR) is 62.6 cm³/mol. The van der Waals surface area contributed by atoms with E-state index in [1.54, 1.807) is 0 Å². The fourth-order valence-electron chi connectivity index (χ4n) is 1.86. The van der Waals surface area contributed by atoms with Crippen LogP contribution in [0.4, 0.5) is 4.39 Å². The molecule has 0 bridgehead atoms. The zero-order chi connectivity index (χ0) is 11.6. The lowest BCUT2D eigenvalue weighted by Crippen LogP contribution is -2.36. The molecule has 1 atom stereocenters. The Morgan fingerprint density at radius 1 is 1.33 bits per heavy atom. The Labute approximate surface area is 91.5 Å². The van der Waals surface area contributed by atoms with E-state index >= 15 is 0 Å². The summed E-state index contributed by atoms with van der Waals surface area (Å²) in [5, 5.41) is 0. The second-order valence-electron chi connectivity index (χ2n) is 4.47. The third kappa shape index (κ3) is 2.05. The summed E-state index contributed by atoms with van der Waals surface area (Å²) in [6.07, 6.45) is 0. The first-order chi connectivity index (χ1) is 6.93. The van der Waals surface area contributed by atoms with E-state index in [2.05, 4.69) is 0 Å². The van der Waals surface area contributed by atoms with Gasteiger partial charge in [-0.1, -0.05) is 32.0 Å². The summed E-state index contributed by atoms with van der Waals surface area (Å²) in [6, 6.07) is 5.73. The smallest absolute Gasteiger partial charge is 0.150 e. The van der Waals surface area contributed by atoms with Gasteiger partial charge in [-0.3, -0.25) is 0 Å². The van der Waals surface area contributed by atoms with Crippen molar-refractivity contribution in [2.24, 2.45) is 11.7 Å². The van der Waals surface area contributed by atoms with Gasteiger partial charge in [-0.25, -0.2) is 4.39 Å². The maximum Gasteiger partial charge on any atom is 0.150 e. The molecule has 0 amide bonds. The minimum Gasteiger partial charge on any atom is -0.327 e. The molecule has 0 spiro atoms. The van der Waals surface area contributed by atoms with Gasteiger partial charge >= 0.3 is 0 Å². The lowest BCUT2D eigenvalue weighted by molar-refractivity contribution is 0.108.